The number of halogens is 3. The molecule has 0 radical (unpaired) electrons. The van der Waals surface area contributed by atoms with Gasteiger partial charge in [-0.1, -0.05) is 13.8 Å². The predicted octanol–water partition coefficient (Wildman–Crippen LogP) is 2.82. The Kier molecular flexibility index (Phi) is 4.28. The molecule has 1 aliphatic heterocycles. The number of hydrogen-bond donors (Lipinski definition) is 0. The molecule has 0 spiro atoms. The van der Waals surface area contributed by atoms with E-state index in [-0.39, 0.29) is 29.8 Å². The van der Waals surface area contributed by atoms with E-state index in [1.54, 1.807) is 6.07 Å². The maximum absolute atomic E-state index is 14.5. The number of fused-ring (bicyclic) bond motifs is 1. The largest absolute Gasteiger partial charge is 0.480 e. The highest BCUT2D eigenvalue weighted by atomic mass is 19.3. The van der Waals surface area contributed by atoms with Gasteiger partial charge in [0.15, 0.2) is 5.65 Å². The molecule has 3 aromatic heterocycles. The van der Waals surface area contributed by atoms with Crippen LogP contribution in [0.2, 0.25) is 0 Å². The number of aromatic nitrogens is 5. The molecule has 0 unspecified atom stereocenters. The fourth-order valence-electron chi connectivity index (χ4n) is 3.34. The van der Waals surface area contributed by atoms with Crippen LogP contribution in [0, 0.1) is 11.4 Å². The highest BCUT2D eigenvalue weighted by Gasteiger charge is 2.54. The van der Waals surface area contributed by atoms with Crippen LogP contribution in [0.25, 0.3) is 16.9 Å². The molecule has 154 valence electrons. The number of imidazole rings is 1. The van der Waals surface area contributed by atoms with Gasteiger partial charge in [0.1, 0.15) is 5.69 Å². The van der Waals surface area contributed by atoms with Crippen molar-refractivity contribution < 1.29 is 22.6 Å². The Morgan fingerprint density at radius 1 is 1.07 bits per heavy atom. The van der Waals surface area contributed by atoms with Crippen LogP contribution in [0.3, 0.4) is 0 Å². The average molecular weight is 408 g/mol. The molecule has 8 nitrogen and oxygen atoms in total. The van der Waals surface area contributed by atoms with E-state index in [4.69, 9.17) is 9.47 Å². The van der Waals surface area contributed by atoms with Crippen LogP contribution in [0.5, 0.6) is 11.9 Å². The first kappa shape index (κ1) is 19.2. The number of hydrogen-bond acceptors (Lipinski definition) is 7. The summed E-state index contributed by atoms with van der Waals surface area (Å²) >= 11 is 0. The maximum Gasteiger partial charge on any atom is 0.319 e. The lowest BCUT2D eigenvalue weighted by molar-refractivity contribution is -0.0642. The minimum absolute atomic E-state index is 0.0733. The smallest absolute Gasteiger partial charge is 0.319 e. The normalized spacial score (nSPS) is 17.7. The first-order valence-corrected chi connectivity index (χ1v) is 8.79. The summed E-state index contributed by atoms with van der Waals surface area (Å²) in [4.78, 5) is 13.7. The van der Waals surface area contributed by atoms with Gasteiger partial charge in [-0.3, -0.25) is 0 Å². The summed E-state index contributed by atoms with van der Waals surface area (Å²) in [6.07, 6.45) is 2.41. The molecule has 0 aliphatic carbocycles. The molecule has 0 bridgehead atoms. The molecular formula is C18H19F3N6O2. The minimum atomic E-state index is -2.92. The molecule has 3 aromatic rings. The SMILES string of the molecule is COc1ncc(-c2cc(N3CC(C)(C)C(F)(F)C3)c3ncc(F)n3n2)c(OC)n1. The molecule has 1 aliphatic rings. The Labute approximate surface area is 164 Å². The monoisotopic (exact) mass is 408 g/mol. The second-order valence-electron chi connectivity index (χ2n) is 7.46. The van der Waals surface area contributed by atoms with E-state index < -0.39 is 23.8 Å². The number of anilines is 1. The summed E-state index contributed by atoms with van der Waals surface area (Å²) in [5.74, 6) is -3.48. The lowest BCUT2D eigenvalue weighted by atomic mass is 9.89. The van der Waals surface area contributed by atoms with Gasteiger partial charge >= 0.3 is 6.01 Å². The molecule has 4 rings (SSSR count). The summed E-state index contributed by atoms with van der Waals surface area (Å²) in [5, 5.41) is 4.24. The van der Waals surface area contributed by atoms with E-state index in [1.807, 2.05) is 0 Å². The van der Waals surface area contributed by atoms with Crippen LogP contribution in [0.15, 0.2) is 18.5 Å². The van der Waals surface area contributed by atoms with Crippen molar-refractivity contribution in [1.29, 1.82) is 0 Å². The molecule has 0 saturated carbocycles. The van der Waals surface area contributed by atoms with E-state index >= 15 is 0 Å². The molecule has 1 saturated heterocycles. The first-order valence-electron chi connectivity index (χ1n) is 8.79. The Morgan fingerprint density at radius 3 is 2.45 bits per heavy atom. The standard InChI is InChI=1S/C18H19F3N6O2/c1-17(2)8-26(9-18(17,20)21)12-5-11(25-27-13(19)7-22-14(12)27)10-6-23-16(29-4)24-15(10)28-3/h5-7H,8-9H2,1-4H3. The van der Waals surface area contributed by atoms with Crippen molar-refractivity contribution in [3.63, 3.8) is 0 Å². The van der Waals surface area contributed by atoms with Crippen LogP contribution in [-0.2, 0) is 0 Å². The zero-order valence-corrected chi connectivity index (χ0v) is 16.3. The topological polar surface area (TPSA) is 77.7 Å². The molecule has 0 atom stereocenters. The van der Waals surface area contributed by atoms with Gasteiger partial charge < -0.3 is 14.4 Å². The summed E-state index contributed by atoms with van der Waals surface area (Å²) in [7, 11) is 2.82. The van der Waals surface area contributed by atoms with Crippen molar-refractivity contribution in [2.45, 2.75) is 19.8 Å². The summed E-state index contributed by atoms with van der Waals surface area (Å²) < 4.78 is 54.5. The number of rotatable bonds is 4. The fourth-order valence-corrected chi connectivity index (χ4v) is 3.34. The lowest BCUT2D eigenvalue weighted by Crippen LogP contribution is -2.34. The Hall–Kier alpha value is -3.11. The molecule has 0 amide bonds. The molecular weight excluding hydrogens is 389 g/mol. The molecule has 29 heavy (non-hydrogen) atoms. The minimum Gasteiger partial charge on any atom is -0.480 e. The van der Waals surface area contributed by atoms with Crippen molar-refractivity contribution in [3.05, 3.63) is 24.4 Å². The van der Waals surface area contributed by atoms with Crippen molar-refractivity contribution in [1.82, 2.24) is 24.6 Å². The van der Waals surface area contributed by atoms with Gasteiger partial charge in [-0.15, -0.1) is 0 Å². The maximum atomic E-state index is 14.5. The Morgan fingerprint density at radius 2 is 1.83 bits per heavy atom. The first-order chi connectivity index (χ1) is 13.7. The molecule has 11 heteroatoms. The van der Waals surface area contributed by atoms with Crippen molar-refractivity contribution in [2.75, 3.05) is 32.2 Å². The summed E-state index contributed by atoms with van der Waals surface area (Å²) in [5.41, 5.74) is -0.165. The van der Waals surface area contributed by atoms with Gasteiger partial charge in [-0.05, 0) is 6.07 Å². The third-order valence-corrected chi connectivity index (χ3v) is 5.10. The van der Waals surface area contributed by atoms with Gasteiger partial charge in [-0.25, -0.2) is 18.7 Å². The van der Waals surface area contributed by atoms with Gasteiger partial charge in [-0.2, -0.15) is 19.0 Å². The number of alkyl halides is 2. The van der Waals surface area contributed by atoms with Gasteiger partial charge in [0.25, 0.3) is 5.92 Å². The van der Waals surface area contributed by atoms with Crippen molar-refractivity contribution >= 4 is 11.3 Å². The van der Waals surface area contributed by atoms with E-state index in [0.29, 0.717) is 11.3 Å². The third-order valence-electron chi connectivity index (χ3n) is 5.10. The van der Waals surface area contributed by atoms with Crippen LogP contribution in [0.4, 0.5) is 18.9 Å². The Balaban J connectivity index is 1.90. The van der Waals surface area contributed by atoms with Crippen molar-refractivity contribution in [3.8, 4) is 23.1 Å². The zero-order chi connectivity index (χ0) is 21.0. The summed E-state index contributed by atoms with van der Waals surface area (Å²) in [6, 6.07) is 1.65. The summed E-state index contributed by atoms with van der Waals surface area (Å²) in [6.45, 7) is 2.56. The zero-order valence-electron chi connectivity index (χ0n) is 16.3. The van der Waals surface area contributed by atoms with E-state index in [9.17, 15) is 13.2 Å². The molecule has 4 heterocycles. The van der Waals surface area contributed by atoms with Crippen LogP contribution < -0.4 is 14.4 Å². The Bertz CT molecular complexity index is 1070. The van der Waals surface area contributed by atoms with Gasteiger partial charge in [0.2, 0.25) is 11.8 Å². The van der Waals surface area contributed by atoms with E-state index in [2.05, 4.69) is 20.1 Å². The van der Waals surface area contributed by atoms with Crippen LogP contribution >= 0.6 is 0 Å². The molecule has 0 aromatic carbocycles. The van der Waals surface area contributed by atoms with Gasteiger partial charge in [0.05, 0.1) is 38.2 Å². The van der Waals surface area contributed by atoms with Crippen molar-refractivity contribution in [2.24, 2.45) is 5.41 Å². The quantitative estimate of drug-likeness (QED) is 0.657. The van der Waals surface area contributed by atoms with E-state index in [0.717, 1.165) is 10.7 Å². The lowest BCUT2D eigenvalue weighted by Gasteiger charge is -2.24. The highest BCUT2D eigenvalue weighted by Crippen LogP contribution is 2.45. The fraction of sp³-hybridized carbons (Fsp3) is 0.444. The van der Waals surface area contributed by atoms with Crippen LogP contribution in [-0.4, -0.2) is 57.8 Å². The predicted molar refractivity (Wildman–Crippen MR) is 98.0 cm³/mol. The van der Waals surface area contributed by atoms with E-state index in [1.165, 1.54) is 39.2 Å². The number of nitrogens with zero attached hydrogens (tertiary/aromatic N) is 6. The molecule has 0 N–H and O–H groups in total. The average Bonchev–Trinajstić information content (AvgIpc) is 3.16. The number of ether oxygens (including phenoxy) is 2. The highest BCUT2D eigenvalue weighted by molar-refractivity contribution is 5.76. The third kappa shape index (κ3) is 3.00. The second-order valence-corrected chi connectivity index (χ2v) is 7.46. The molecule has 1 fully saturated rings. The number of methoxy groups -OCH3 is 2. The van der Waals surface area contributed by atoms with Gasteiger partial charge in [0, 0.05) is 18.2 Å². The second kappa shape index (κ2) is 6.46. The van der Waals surface area contributed by atoms with Crippen LogP contribution in [0.1, 0.15) is 13.8 Å².